The normalized spacial score (nSPS) is 10.9. The fraction of sp³-hybridized carbons (Fsp3) is 0.571. The molecule has 1 aromatic rings. The third kappa shape index (κ3) is 4.36. The third-order valence-corrected chi connectivity index (χ3v) is 2.65. The van der Waals surface area contributed by atoms with E-state index in [0.29, 0.717) is 12.5 Å². The Labute approximate surface area is 104 Å². The molecule has 0 spiro atoms. The molecule has 0 saturated heterocycles. The van der Waals surface area contributed by atoms with Crippen LogP contribution in [-0.2, 0) is 11.3 Å². The smallest absolute Gasteiger partial charge is 0.0702 e. The van der Waals surface area contributed by atoms with E-state index in [-0.39, 0.29) is 6.61 Å². The zero-order valence-electron chi connectivity index (χ0n) is 11.0. The van der Waals surface area contributed by atoms with Gasteiger partial charge in [0.2, 0.25) is 0 Å². The predicted octanol–water partition coefficient (Wildman–Crippen LogP) is 2.29. The molecule has 3 nitrogen and oxygen atoms in total. The zero-order chi connectivity index (χ0) is 12.7. The highest BCUT2D eigenvalue weighted by Gasteiger charge is 2.11. The van der Waals surface area contributed by atoms with E-state index in [1.165, 1.54) is 0 Å². The molecule has 0 fully saturated rings. The van der Waals surface area contributed by atoms with E-state index in [2.05, 4.69) is 24.8 Å². The number of nitrogens with zero attached hydrogens (tertiary/aromatic N) is 1. The minimum atomic E-state index is 0.0811. The Hall–Kier alpha value is -1.06. The summed E-state index contributed by atoms with van der Waals surface area (Å²) in [6.45, 7) is 7.00. The summed E-state index contributed by atoms with van der Waals surface area (Å²) in [6, 6.07) is 7.99. The van der Waals surface area contributed by atoms with Crippen molar-refractivity contribution in [2.24, 2.45) is 5.92 Å². The zero-order valence-corrected chi connectivity index (χ0v) is 11.0. The average Bonchev–Trinajstić information content (AvgIpc) is 2.34. The number of aliphatic hydroxyl groups excluding tert-OH is 1. The van der Waals surface area contributed by atoms with Crippen molar-refractivity contribution in [2.45, 2.75) is 20.5 Å². The highest BCUT2D eigenvalue weighted by Crippen LogP contribution is 2.21. The highest BCUT2D eigenvalue weighted by molar-refractivity contribution is 5.53. The van der Waals surface area contributed by atoms with Gasteiger partial charge in [0.1, 0.15) is 0 Å². The molecule has 0 atom stereocenters. The first-order chi connectivity index (χ1) is 8.19. The summed E-state index contributed by atoms with van der Waals surface area (Å²) in [6.07, 6.45) is 0. The number of hydrogen-bond acceptors (Lipinski definition) is 3. The molecule has 0 unspecified atom stereocenters. The lowest BCUT2D eigenvalue weighted by Gasteiger charge is -2.28. The van der Waals surface area contributed by atoms with Crippen LogP contribution < -0.4 is 4.90 Å². The lowest BCUT2D eigenvalue weighted by molar-refractivity contribution is 0.204. The van der Waals surface area contributed by atoms with Crippen LogP contribution in [0, 0.1) is 5.92 Å². The van der Waals surface area contributed by atoms with E-state index in [1.54, 1.807) is 7.11 Å². The predicted molar refractivity (Wildman–Crippen MR) is 71.3 cm³/mol. The summed E-state index contributed by atoms with van der Waals surface area (Å²) in [5.74, 6) is 0.582. The Morgan fingerprint density at radius 1 is 1.29 bits per heavy atom. The summed E-state index contributed by atoms with van der Waals surface area (Å²) >= 11 is 0. The Morgan fingerprint density at radius 3 is 2.59 bits per heavy atom. The van der Waals surface area contributed by atoms with Crippen molar-refractivity contribution in [1.29, 1.82) is 0 Å². The van der Waals surface area contributed by atoms with E-state index in [9.17, 15) is 5.11 Å². The van der Waals surface area contributed by atoms with Gasteiger partial charge in [0.15, 0.2) is 0 Å². The van der Waals surface area contributed by atoms with Gasteiger partial charge in [0.05, 0.1) is 13.2 Å². The second-order valence-corrected chi connectivity index (χ2v) is 4.62. The van der Waals surface area contributed by atoms with Gasteiger partial charge < -0.3 is 14.7 Å². The Morgan fingerprint density at radius 2 is 2.00 bits per heavy atom. The largest absolute Gasteiger partial charge is 0.392 e. The molecule has 0 radical (unpaired) electrons. The van der Waals surface area contributed by atoms with Crippen LogP contribution in [-0.4, -0.2) is 31.9 Å². The topological polar surface area (TPSA) is 32.7 Å². The average molecular weight is 237 g/mol. The number of rotatable bonds is 7. The summed E-state index contributed by atoms with van der Waals surface area (Å²) in [7, 11) is 1.71. The molecule has 1 aromatic carbocycles. The maximum absolute atomic E-state index is 9.37. The number of benzene rings is 1. The molecule has 17 heavy (non-hydrogen) atoms. The quantitative estimate of drug-likeness (QED) is 0.789. The van der Waals surface area contributed by atoms with Crippen LogP contribution in [0.5, 0.6) is 0 Å². The van der Waals surface area contributed by atoms with Crippen molar-refractivity contribution in [1.82, 2.24) is 0 Å². The second-order valence-electron chi connectivity index (χ2n) is 4.62. The molecular formula is C14H23NO2. The lowest BCUT2D eigenvalue weighted by atomic mass is 10.1. The molecule has 0 aliphatic heterocycles. The SMILES string of the molecule is COCCN(CC(C)C)c1ccccc1CO. The molecule has 0 aliphatic rings. The third-order valence-electron chi connectivity index (χ3n) is 2.65. The molecule has 3 heteroatoms. The molecule has 0 saturated carbocycles. The molecule has 0 bridgehead atoms. The summed E-state index contributed by atoms with van der Waals surface area (Å²) < 4.78 is 5.14. The van der Waals surface area contributed by atoms with Crippen LogP contribution >= 0.6 is 0 Å². The Kier molecular flexibility index (Phi) is 6.01. The van der Waals surface area contributed by atoms with Gasteiger partial charge in [-0.3, -0.25) is 0 Å². The van der Waals surface area contributed by atoms with Crippen LogP contribution in [0.1, 0.15) is 19.4 Å². The van der Waals surface area contributed by atoms with Gasteiger partial charge in [-0.1, -0.05) is 32.0 Å². The van der Waals surface area contributed by atoms with Gasteiger partial charge >= 0.3 is 0 Å². The molecule has 0 amide bonds. The molecule has 1 N–H and O–H groups in total. The van der Waals surface area contributed by atoms with Crippen molar-refractivity contribution in [3.05, 3.63) is 29.8 Å². The van der Waals surface area contributed by atoms with E-state index < -0.39 is 0 Å². The number of hydrogen-bond donors (Lipinski definition) is 1. The monoisotopic (exact) mass is 237 g/mol. The van der Waals surface area contributed by atoms with Crippen molar-refractivity contribution < 1.29 is 9.84 Å². The molecule has 0 aromatic heterocycles. The summed E-state index contributed by atoms with van der Waals surface area (Å²) in [5, 5.41) is 9.37. The van der Waals surface area contributed by atoms with Crippen LogP contribution in [0.3, 0.4) is 0 Å². The maximum atomic E-state index is 9.37. The standard InChI is InChI=1S/C14H23NO2/c1-12(2)10-15(8-9-17-3)14-7-5-4-6-13(14)11-16/h4-7,12,16H,8-11H2,1-3H3. The van der Waals surface area contributed by atoms with Gasteiger partial charge in [-0.15, -0.1) is 0 Å². The molecule has 0 heterocycles. The van der Waals surface area contributed by atoms with Crippen LogP contribution in [0.4, 0.5) is 5.69 Å². The first kappa shape index (κ1) is 14.0. The maximum Gasteiger partial charge on any atom is 0.0702 e. The van der Waals surface area contributed by atoms with Crippen LogP contribution in [0.25, 0.3) is 0 Å². The number of ether oxygens (including phenoxy) is 1. The Bertz CT molecular complexity index is 326. The number of methoxy groups -OCH3 is 1. The first-order valence-electron chi connectivity index (χ1n) is 6.11. The number of aliphatic hydroxyl groups is 1. The van der Waals surface area contributed by atoms with E-state index >= 15 is 0 Å². The fourth-order valence-corrected chi connectivity index (χ4v) is 1.91. The minimum absolute atomic E-state index is 0.0811. The van der Waals surface area contributed by atoms with Crippen LogP contribution in [0.2, 0.25) is 0 Å². The minimum Gasteiger partial charge on any atom is -0.392 e. The first-order valence-corrected chi connectivity index (χ1v) is 6.11. The van der Waals surface area contributed by atoms with Crippen LogP contribution in [0.15, 0.2) is 24.3 Å². The van der Waals surface area contributed by atoms with E-state index in [1.807, 2.05) is 18.2 Å². The molecule has 0 aliphatic carbocycles. The van der Waals surface area contributed by atoms with Gasteiger partial charge in [-0.2, -0.15) is 0 Å². The van der Waals surface area contributed by atoms with Crippen molar-refractivity contribution in [3.63, 3.8) is 0 Å². The van der Waals surface area contributed by atoms with E-state index in [4.69, 9.17) is 4.74 Å². The number of anilines is 1. The Balaban J connectivity index is 2.86. The lowest BCUT2D eigenvalue weighted by Crippen LogP contribution is -2.31. The fourth-order valence-electron chi connectivity index (χ4n) is 1.91. The van der Waals surface area contributed by atoms with Gasteiger partial charge in [-0.25, -0.2) is 0 Å². The molecule has 1 rings (SSSR count). The second kappa shape index (κ2) is 7.30. The molecular weight excluding hydrogens is 214 g/mol. The van der Waals surface area contributed by atoms with Crippen molar-refractivity contribution >= 4 is 5.69 Å². The van der Waals surface area contributed by atoms with Crippen molar-refractivity contribution in [3.8, 4) is 0 Å². The van der Waals surface area contributed by atoms with Gasteiger partial charge in [0.25, 0.3) is 0 Å². The van der Waals surface area contributed by atoms with Crippen molar-refractivity contribution in [2.75, 3.05) is 31.7 Å². The van der Waals surface area contributed by atoms with Gasteiger partial charge in [0, 0.05) is 31.5 Å². The summed E-state index contributed by atoms with van der Waals surface area (Å²) in [5.41, 5.74) is 2.09. The van der Waals surface area contributed by atoms with E-state index in [0.717, 1.165) is 24.3 Å². The van der Waals surface area contributed by atoms with Gasteiger partial charge in [-0.05, 0) is 12.0 Å². The molecule has 96 valence electrons. The summed E-state index contributed by atoms with van der Waals surface area (Å²) in [4.78, 5) is 2.28. The highest BCUT2D eigenvalue weighted by atomic mass is 16.5. The number of para-hydroxylation sites is 1.